The third-order valence-corrected chi connectivity index (χ3v) is 10.3. The summed E-state index contributed by atoms with van der Waals surface area (Å²) in [7, 11) is 0. The van der Waals surface area contributed by atoms with Crippen LogP contribution in [0.25, 0.3) is 5.70 Å². The van der Waals surface area contributed by atoms with Crippen LogP contribution in [0.5, 0.6) is 0 Å². The fourth-order valence-electron chi connectivity index (χ4n) is 6.99. The number of likely N-dealkylation sites (tertiary alicyclic amines) is 1. The van der Waals surface area contributed by atoms with Crippen LogP contribution in [0, 0.1) is 5.41 Å². The number of halogens is 1. The zero-order valence-corrected chi connectivity index (χ0v) is 31.8. The smallest absolute Gasteiger partial charge is 0.319 e. The number of benzene rings is 2. The molecule has 5 N–H and O–H groups in total. The van der Waals surface area contributed by atoms with Gasteiger partial charge in [0.05, 0.1) is 18.3 Å². The molecule has 2 fully saturated rings. The van der Waals surface area contributed by atoms with Crippen LogP contribution in [0.1, 0.15) is 76.8 Å². The summed E-state index contributed by atoms with van der Waals surface area (Å²) in [6, 6.07) is 9.19. The second-order valence-electron chi connectivity index (χ2n) is 15.6. The highest BCUT2D eigenvalue weighted by Gasteiger charge is 2.54. The molecular weight excluding hydrogens is 728 g/mol. The molecule has 1 saturated carbocycles. The van der Waals surface area contributed by atoms with Crippen molar-refractivity contribution in [2.24, 2.45) is 5.41 Å². The molecule has 2 heterocycles. The van der Waals surface area contributed by atoms with E-state index in [9.17, 15) is 33.6 Å². The van der Waals surface area contributed by atoms with Crippen LogP contribution in [-0.4, -0.2) is 82.3 Å². The SMILES string of the molecule is CCC[C@H](NC(=O)[C@@H]1C[C@]2(C=C(c3cccc(Cl)c3)NO2)CN1C(=O)[C@@H](NC(=O)Nc1ccc(C2C(=O)C=CC2=O)cc1)C(C)(C)C)C(=O)C(=O)NC1CC1. The van der Waals surface area contributed by atoms with E-state index in [0.29, 0.717) is 28.4 Å². The number of urea groups is 1. The average molecular weight is 773 g/mol. The molecule has 6 rings (SSSR count). The molecule has 0 aromatic heterocycles. The van der Waals surface area contributed by atoms with Gasteiger partial charge in [-0.15, -0.1) is 0 Å². The maximum absolute atomic E-state index is 14.7. The number of Topliss-reactive ketones (excluding diaryl/α,β-unsaturated/α-hetero) is 1. The number of ketones is 3. The summed E-state index contributed by atoms with van der Waals surface area (Å²) < 4.78 is 0. The molecule has 1 spiro atoms. The van der Waals surface area contributed by atoms with Crippen LogP contribution >= 0.6 is 11.6 Å². The van der Waals surface area contributed by atoms with Crippen molar-refractivity contribution in [1.82, 2.24) is 26.3 Å². The van der Waals surface area contributed by atoms with Crippen molar-refractivity contribution in [3.8, 4) is 0 Å². The number of allylic oxidation sites excluding steroid dienone is 2. The van der Waals surface area contributed by atoms with E-state index in [2.05, 4.69) is 26.7 Å². The lowest BCUT2D eigenvalue weighted by Crippen LogP contribution is -2.59. The Kier molecular flexibility index (Phi) is 11.3. The third-order valence-electron chi connectivity index (χ3n) is 10.1. The summed E-state index contributed by atoms with van der Waals surface area (Å²) in [5, 5.41) is 11.4. The normalized spacial score (nSPS) is 21.9. The number of anilines is 1. The first-order valence-electron chi connectivity index (χ1n) is 18.4. The Morgan fingerprint density at radius 1 is 1.00 bits per heavy atom. The predicted octanol–water partition coefficient (Wildman–Crippen LogP) is 3.72. The largest absolute Gasteiger partial charge is 0.347 e. The van der Waals surface area contributed by atoms with E-state index in [4.69, 9.17) is 16.4 Å². The number of hydroxylamine groups is 1. The molecule has 0 unspecified atom stereocenters. The molecular formula is C40H45ClN6O8. The van der Waals surface area contributed by atoms with Crippen molar-refractivity contribution < 1.29 is 38.4 Å². The van der Waals surface area contributed by atoms with Gasteiger partial charge in [0.15, 0.2) is 11.6 Å². The van der Waals surface area contributed by atoms with Crippen molar-refractivity contribution in [3.63, 3.8) is 0 Å². The topological polar surface area (TPSA) is 192 Å². The van der Waals surface area contributed by atoms with Gasteiger partial charge in [0.1, 0.15) is 23.6 Å². The lowest BCUT2D eigenvalue weighted by molar-refractivity contribution is -0.144. The molecule has 2 aliphatic carbocycles. The van der Waals surface area contributed by atoms with E-state index in [1.54, 1.807) is 69.3 Å². The van der Waals surface area contributed by atoms with Crippen LogP contribution in [0.4, 0.5) is 10.5 Å². The fourth-order valence-corrected chi connectivity index (χ4v) is 7.18. The molecule has 2 aromatic rings. The zero-order valence-electron chi connectivity index (χ0n) is 31.1. The van der Waals surface area contributed by atoms with Crippen molar-refractivity contribution in [3.05, 3.63) is 82.9 Å². The molecule has 15 heteroatoms. The van der Waals surface area contributed by atoms with Gasteiger partial charge < -0.3 is 26.2 Å². The van der Waals surface area contributed by atoms with E-state index in [1.165, 1.54) is 17.1 Å². The van der Waals surface area contributed by atoms with Gasteiger partial charge in [-0.25, -0.2) is 4.79 Å². The van der Waals surface area contributed by atoms with Gasteiger partial charge in [0, 0.05) is 28.7 Å². The summed E-state index contributed by atoms with van der Waals surface area (Å²) in [4.78, 5) is 100.0. The van der Waals surface area contributed by atoms with Crippen LogP contribution < -0.4 is 26.7 Å². The van der Waals surface area contributed by atoms with E-state index < -0.39 is 64.6 Å². The highest BCUT2D eigenvalue weighted by molar-refractivity contribution is 6.38. The third kappa shape index (κ3) is 8.97. The molecule has 4 aliphatic rings. The van der Waals surface area contributed by atoms with Crippen molar-refractivity contribution in [1.29, 1.82) is 0 Å². The number of nitrogens with one attached hydrogen (secondary N) is 5. The Morgan fingerprint density at radius 3 is 2.31 bits per heavy atom. The molecule has 0 bridgehead atoms. The minimum Gasteiger partial charge on any atom is -0.347 e. The molecule has 55 heavy (non-hydrogen) atoms. The minimum atomic E-state index is -1.17. The Morgan fingerprint density at radius 2 is 1.69 bits per heavy atom. The Hall–Kier alpha value is -5.34. The van der Waals surface area contributed by atoms with E-state index >= 15 is 0 Å². The molecule has 290 valence electrons. The monoisotopic (exact) mass is 772 g/mol. The van der Waals surface area contributed by atoms with Crippen molar-refractivity contribution >= 4 is 64.1 Å². The standard InChI is InChI=1S/C40H45ClN6O8/c1-5-7-27(33(50)36(52)42-25-14-15-25)44-35(51)29-20-40(19-28(46-55-40)23-8-6-9-24(41)18-23)21-47(29)37(53)34(39(2,3)4)45-38(54)43-26-12-10-22(11-13-26)32-30(48)16-17-31(32)49/h6,8-13,16-19,25,27,29,32,34,46H,5,7,14-15,20-21H2,1-4H3,(H,42,52)(H,44,51)(H2,43,45,54)/t27-,29-,34+,40+/m0/s1. The van der Waals surface area contributed by atoms with Gasteiger partial charge in [0.25, 0.3) is 5.91 Å². The van der Waals surface area contributed by atoms with Gasteiger partial charge in [-0.1, -0.05) is 70.0 Å². The zero-order chi connectivity index (χ0) is 39.7. The quantitative estimate of drug-likeness (QED) is 0.158. The maximum atomic E-state index is 14.7. The minimum absolute atomic E-state index is 0.000126. The van der Waals surface area contributed by atoms with Crippen LogP contribution in [0.3, 0.4) is 0 Å². The lowest BCUT2D eigenvalue weighted by Gasteiger charge is -2.35. The Labute approximate surface area is 323 Å². The summed E-state index contributed by atoms with van der Waals surface area (Å²) in [6.07, 6.45) is 6.58. The molecule has 14 nitrogen and oxygen atoms in total. The summed E-state index contributed by atoms with van der Waals surface area (Å²) in [5.74, 6) is -4.27. The average Bonchev–Trinajstić information content (AvgIpc) is 3.57. The summed E-state index contributed by atoms with van der Waals surface area (Å²) in [5.41, 5.74) is 3.04. The number of amides is 5. The van der Waals surface area contributed by atoms with E-state index in [-0.39, 0.29) is 37.0 Å². The molecule has 5 amide bonds. The van der Waals surface area contributed by atoms with Gasteiger partial charge in [-0.05, 0) is 72.7 Å². The Balaban J connectivity index is 1.23. The highest BCUT2D eigenvalue weighted by Crippen LogP contribution is 2.39. The number of hydrogen-bond acceptors (Lipinski definition) is 9. The predicted molar refractivity (Wildman–Crippen MR) is 203 cm³/mol. The van der Waals surface area contributed by atoms with Crippen LogP contribution in [0.2, 0.25) is 5.02 Å². The van der Waals surface area contributed by atoms with Gasteiger partial charge in [0.2, 0.25) is 17.6 Å². The first-order valence-corrected chi connectivity index (χ1v) is 18.8. The van der Waals surface area contributed by atoms with Gasteiger partial charge >= 0.3 is 6.03 Å². The number of carbonyl (C=O) groups excluding carboxylic acids is 7. The van der Waals surface area contributed by atoms with Gasteiger partial charge in [-0.2, -0.15) is 0 Å². The first kappa shape index (κ1) is 39.4. The number of rotatable bonds is 12. The summed E-state index contributed by atoms with van der Waals surface area (Å²) in [6.45, 7) is 7.07. The summed E-state index contributed by atoms with van der Waals surface area (Å²) >= 11 is 6.25. The van der Waals surface area contributed by atoms with Crippen LogP contribution in [0.15, 0.2) is 66.8 Å². The molecule has 1 saturated heterocycles. The Bertz CT molecular complexity index is 1950. The molecule has 4 atom stereocenters. The molecule has 0 radical (unpaired) electrons. The van der Waals surface area contributed by atoms with E-state index in [0.717, 1.165) is 18.4 Å². The van der Waals surface area contributed by atoms with Crippen LogP contribution in [-0.2, 0) is 33.6 Å². The molecule has 2 aliphatic heterocycles. The molecule has 2 aromatic carbocycles. The second kappa shape index (κ2) is 15.8. The number of carbonyl (C=O) groups is 7. The number of nitrogens with zero attached hydrogens (tertiary/aromatic N) is 1. The van der Waals surface area contributed by atoms with E-state index in [1.807, 2.05) is 13.0 Å². The second-order valence-corrected chi connectivity index (χ2v) is 16.0. The fraction of sp³-hybridized carbons (Fsp3) is 0.425. The maximum Gasteiger partial charge on any atom is 0.319 e. The first-order chi connectivity index (χ1) is 26.1. The lowest BCUT2D eigenvalue weighted by atomic mass is 9.85. The van der Waals surface area contributed by atoms with Gasteiger partial charge in [-0.3, -0.25) is 39.1 Å². The van der Waals surface area contributed by atoms with Crippen molar-refractivity contribution in [2.45, 2.75) is 95.5 Å². The number of hydrogen-bond donors (Lipinski definition) is 5. The highest BCUT2D eigenvalue weighted by atomic mass is 35.5. The van der Waals surface area contributed by atoms with Crippen molar-refractivity contribution in [2.75, 3.05) is 11.9 Å².